The summed E-state index contributed by atoms with van der Waals surface area (Å²) in [6.45, 7) is 2.58. The van der Waals surface area contributed by atoms with E-state index in [1.807, 2.05) is 29.3 Å². The fourth-order valence-electron chi connectivity index (χ4n) is 4.34. The molecule has 29 heavy (non-hydrogen) atoms. The SMILES string of the molecule is O=C(C1CCCC1)N(Cc1nccn1Cc1ccc(Cl)c(Cl)c1)CC1CCCO1. The number of amides is 1. The molecule has 0 spiro atoms. The Balaban J connectivity index is 1.50. The van der Waals surface area contributed by atoms with E-state index in [0.717, 1.165) is 56.5 Å². The monoisotopic (exact) mass is 435 g/mol. The minimum Gasteiger partial charge on any atom is -0.376 e. The third kappa shape index (κ3) is 5.14. The molecule has 1 amide bonds. The van der Waals surface area contributed by atoms with Crippen LogP contribution < -0.4 is 0 Å². The van der Waals surface area contributed by atoms with Gasteiger partial charge in [0.05, 0.1) is 22.7 Å². The van der Waals surface area contributed by atoms with Crippen molar-refractivity contribution in [1.29, 1.82) is 0 Å². The van der Waals surface area contributed by atoms with Crippen molar-refractivity contribution in [3.63, 3.8) is 0 Å². The van der Waals surface area contributed by atoms with Crippen LogP contribution in [0.2, 0.25) is 10.0 Å². The van der Waals surface area contributed by atoms with E-state index in [-0.39, 0.29) is 17.9 Å². The molecule has 0 radical (unpaired) electrons. The standard InChI is InChI=1S/C22H27Cl2N3O2/c23-19-8-7-16(12-20(19)24)13-26-10-9-25-21(26)15-27(14-18-6-3-11-29-18)22(28)17-4-1-2-5-17/h7-10,12,17-18H,1-6,11,13-15H2. The molecule has 1 aromatic carbocycles. The average molecular weight is 436 g/mol. The van der Waals surface area contributed by atoms with Crippen LogP contribution in [0.3, 0.4) is 0 Å². The number of hydrogen-bond acceptors (Lipinski definition) is 3. The highest BCUT2D eigenvalue weighted by Gasteiger charge is 2.30. The third-order valence-corrected chi connectivity index (χ3v) is 6.67. The molecule has 156 valence electrons. The first kappa shape index (κ1) is 20.7. The molecule has 1 aliphatic heterocycles. The summed E-state index contributed by atoms with van der Waals surface area (Å²) in [6, 6.07) is 5.65. The number of carbonyl (C=O) groups excluding carboxylic acids is 1. The molecule has 2 aromatic rings. The van der Waals surface area contributed by atoms with Crippen molar-refractivity contribution in [2.45, 2.75) is 57.7 Å². The van der Waals surface area contributed by atoms with Gasteiger partial charge in [0.15, 0.2) is 0 Å². The number of benzene rings is 1. The number of rotatable bonds is 7. The highest BCUT2D eigenvalue weighted by Crippen LogP contribution is 2.28. The maximum atomic E-state index is 13.2. The minimum absolute atomic E-state index is 0.138. The van der Waals surface area contributed by atoms with Crippen molar-refractivity contribution in [1.82, 2.24) is 14.5 Å². The van der Waals surface area contributed by atoms with Crippen molar-refractivity contribution in [3.8, 4) is 0 Å². The number of hydrogen-bond donors (Lipinski definition) is 0. The summed E-state index contributed by atoms with van der Waals surface area (Å²) >= 11 is 12.2. The Kier molecular flexibility index (Phi) is 6.78. The summed E-state index contributed by atoms with van der Waals surface area (Å²) in [4.78, 5) is 19.7. The Morgan fingerprint density at radius 1 is 1.17 bits per heavy atom. The van der Waals surface area contributed by atoms with Gasteiger partial charge in [0.25, 0.3) is 0 Å². The van der Waals surface area contributed by atoms with Gasteiger partial charge in [-0.2, -0.15) is 0 Å². The number of halogens is 2. The Morgan fingerprint density at radius 2 is 2.00 bits per heavy atom. The molecule has 0 bridgehead atoms. The van der Waals surface area contributed by atoms with Crippen molar-refractivity contribution in [3.05, 3.63) is 52.0 Å². The molecule has 5 nitrogen and oxygen atoms in total. The zero-order valence-corrected chi connectivity index (χ0v) is 18.0. The van der Waals surface area contributed by atoms with Crippen molar-refractivity contribution < 1.29 is 9.53 Å². The summed E-state index contributed by atoms with van der Waals surface area (Å²) in [6.07, 6.45) is 10.3. The van der Waals surface area contributed by atoms with Crippen LogP contribution >= 0.6 is 23.2 Å². The maximum Gasteiger partial charge on any atom is 0.226 e. The lowest BCUT2D eigenvalue weighted by Crippen LogP contribution is -2.40. The van der Waals surface area contributed by atoms with Gasteiger partial charge in [0.1, 0.15) is 5.82 Å². The minimum atomic E-state index is 0.138. The van der Waals surface area contributed by atoms with Gasteiger partial charge in [-0.1, -0.05) is 42.1 Å². The van der Waals surface area contributed by atoms with Crippen LogP contribution in [0.25, 0.3) is 0 Å². The van der Waals surface area contributed by atoms with Crippen LogP contribution in [0, 0.1) is 5.92 Å². The highest BCUT2D eigenvalue weighted by molar-refractivity contribution is 6.42. The number of imidazole rings is 1. The fraction of sp³-hybridized carbons (Fsp3) is 0.545. The zero-order chi connectivity index (χ0) is 20.2. The largest absolute Gasteiger partial charge is 0.376 e. The van der Waals surface area contributed by atoms with Crippen molar-refractivity contribution in [2.24, 2.45) is 5.92 Å². The molecule has 1 unspecified atom stereocenters. The third-order valence-electron chi connectivity index (χ3n) is 5.94. The lowest BCUT2D eigenvalue weighted by molar-refractivity contribution is -0.137. The van der Waals surface area contributed by atoms with Gasteiger partial charge in [-0.15, -0.1) is 0 Å². The molecule has 1 saturated heterocycles. The molecule has 1 atom stereocenters. The van der Waals surface area contributed by atoms with Crippen molar-refractivity contribution >= 4 is 29.1 Å². The molecule has 1 aliphatic carbocycles. The lowest BCUT2D eigenvalue weighted by atomic mass is 10.1. The topological polar surface area (TPSA) is 47.4 Å². The molecule has 7 heteroatoms. The summed E-state index contributed by atoms with van der Waals surface area (Å²) in [5, 5.41) is 1.09. The van der Waals surface area contributed by atoms with Crippen LogP contribution in [0.5, 0.6) is 0 Å². The lowest BCUT2D eigenvalue weighted by Gasteiger charge is -2.28. The molecule has 2 aliphatic rings. The molecular formula is C22H27Cl2N3O2. The molecule has 1 saturated carbocycles. The summed E-state index contributed by atoms with van der Waals surface area (Å²) in [7, 11) is 0. The Bertz CT molecular complexity index is 842. The second-order valence-electron chi connectivity index (χ2n) is 8.06. The van der Waals surface area contributed by atoms with Crippen LogP contribution in [-0.4, -0.2) is 39.6 Å². The molecule has 0 N–H and O–H groups in total. The average Bonchev–Trinajstić information content (AvgIpc) is 3.47. The Morgan fingerprint density at radius 3 is 2.72 bits per heavy atom. The van der Waals surface area contributed by atoms with E-state index in [9.17, 15) is 4.79 Å². The predicted molar refractivity (Wildman–Crippen MR) is 114 cm³/mol. The summed E-state index contributed by atoms with van der Waals surface area (Å²) in [5.41, 5.74) is 1.05. The second kappa shape index (κ2) is 9.50. The van der Waals surface area contributed by atoms with E-state index in [1.165, 1.54) is 0 Å². The van der Waals surface area contributed by atoms with E-state index in [2.05, 4.69) is 9.55 Å². The van der Waals surface area contributed by atoms with Crippen LogP contribution in [0.1, 0.15) is 49.9 Å². The van der Waals surface area contributed by atoms with E-state index in [4.69, 9.17) is 27.9 Å². The predicted octanol–water partition coefficient (Wildman–Crippen LogP) is 4.94. The number of aromatic nitrogens is 2. The van der Waals surface area contributed by atoms with Gasteiger partial charge in [0.2, 0.25) is 5.91 Å². The van der Waals surface area contributed by atoms with Gasteiger partial charge >= 0.3 is 0 Å². The molecule has 4 rings (SSSR count). The van der Waals surface area contributed by atoms with Crippen molar-refractivity contribution in [2.75, 3.05) is 13.2 Å². The number of nitrogens with zero attached hydrogens (tertiary/aromatic N) is 3. The van der Waals surface area contributed by atoms with Gasteiger partial charge in [-0.25, -0.2) is 4.98 Å². The normalized spacial score (nSPS) is 19.7. The first-order valence-electron chi connectivity index (χ1n) is 10.4. The maximum absolute atomic E-state index is 13.2. The van der Waals surface area contributed by atoms with E-state index >= 15 is 0 Å². The molecule has 1 aromatic heterocycles. The summed E-state index contributed by atoms with van der Waals surface area (Å²) in [5.74, 6) is 1.28. The van der Waals surface area contributed by atoms with E-state index in [0.29, 0.717) is 29.7 Å². The van der Waals surface area contributed by atoms with E-state index in [1.54, 1.807) is 6.20 Å². The Hall–Kier alpha value is -1.56. The number of ether oxygens (including phenoxy) is 1. The van der Waals surface area contributed by atoms with Gasteiger partial charge < -0.3 is 14.2 Å². The second-order valence-corrected chi connectivity index (χ2v) is 8.87. The first-order chi connectivity index (χ1) is 14.1. The highest BCUT2D eigenvalue weighted by atomic mass is 35.5. The van der Waals surface area contributed by atoms with Gasteiger partial charge in [-0.05, 0) is 43.4 Å². The van der Waals surface area contributed by atoms with E-state index < -0.39 is 0 Å². The van der Waals surface area contributed by atoms with Gasteiger partial charge in [-0.3, -0.25) is 4.79 Å². The van der Waals surface area contributed by atoms with Crippen LogP contribution in [-0.2, 0) is 22.6 Å². The number of carbonyl (C=O) groups is 1. The summed E-state index contributed by atoms with van der Waals surface area (Å²) < 4.78 is 7.89. The first-order valence-corrected chi connectivity index (χ1v) is 11.2. The quantitative estimate of drug-likeness (QED) is 0.618. The van der Waals surface area contributed by atoms with Gasteiger partial charge in [0, 0.05) is 38.0 Å². The Labute approximate surface area is 182 Å². The zero-order valence-electron chi connectivity index (χ0n) is 16.5. The molecule has 2 heterocycles. The van der Waals surface area contributed by atoms with Crippen LogP contribution in [0.4, 0.5) is 0 Å². The smallest absolute Gasteiger partial charge is 0.226 e. The molecule has 2 fully saturated rings. The molecular weight excluding hydrogens is 409 g/mol. The van der Waals surface area contributed by atoms with Crippen LogP contribution in [0.15, 0.2) is 30.6 Å². The fourth-order valence-corrected chi connectivity index (χ4v) is 4.66.